The highest BCUT2D eigenvalue weighted by atomic mass is 35.5. The molecule has 1 aromatic heterocycles. The number of halogens is 5. The number of rotatable bonds is 5. The van der Waals surface area contributed by atoms with Gasteiger partial charge >= 0.3 is 5.38 Å². The normalized spacial score (nSPS) is 22.1. The molecule has 0 bridgehead atoms. The second-order valence-corrected chi connectivity index (χ2v) is 9.03. The van der Waals surface area contributed by atoms with Crippen molar-refractivity contribution in [2.45, 2.75) is 43.4 Å². The van der Waals surface area contributed by atoms with E-state index < -0.39 is 17.2 Å². The molecule has 1 aliphatic carbocycles. The highest BCUT2D eigenvalue weighted by Gasteiger charge is 2.42. The Morgan fingerprint density at radius 2 is 1.94 bits per heavy atom. The largest absolute Gasteiger partial charge is 0.356 e. The lowest BCUT2D eigenvalue weighted by Gasteiger charge is -2.28. The van der Waals surface area contributed by atoms with Gasteiger partial charge in [0.15, 0.2) is 0 Å². The van der Waals surface area contributed by atoms with Crippen molar-refractivity contribution in [1.82, 2.24) is 10.3 Å². The summed E-state index contributed by atoms with van der Waals surface area (Å²) in [5.41, 5.74) is 1.04. The molecule has 1 saturated heterocycles. The molecule has 4 nitrogen and oxygen atoms in total. The third-order valence-electron chi connectivity index (χ3n) is 6.32. The van der Waals surface area contributed by atoms with Gasteiger partial charge in [0, 0.05) is 43.4 Å². The molecular weight excluding hydrogens is 434 g/mol. The van der Waals surface area contributed by atoms with E-state index >= 15 is 0 Å². The molecule has 0 radical (unpaired) electrons. The van der Waals surface area contributed by atoms with E-state index in [0.29, 0.717) is 48.2 Å². The predicted octanol–water partition coefficient (Wildman–Crippen LogP) is 5.45. The second kappa shape index (κ2) is 8.45. The number of carbonyl (C=O) groups is 1. The topological polar surface area (TPSA) is 45.2 Å². The number of hydrogen-bond donors (Lipinski definition) is 1. The summed E-state index contributed by atoms with van der Waals surface area (Å²) in [6.45, 7) is 0.917. The van der Waals surface area contributed by atoms with E-state index in [4.69, 9.17) is 11.6 Å². The summed E-state index contributed by atoms with van der Waals surface area (Å²) < 4.78 is 53.4. The lowest BCUT2D eigenvalue weighted by Crippen LogP contribution is -2.34. The first-order valence-electron chi connectivity index (χ1n) is 10.5. The molecule has 2 aromatic rings. The summed E-state index contributed by atoms with van der Waals surface area (Å²) in [7, 11) is 0. The minimum Gasteiger partial charge on any atom is -0.356 e. The minimum absolute atomic E-state index is 0.0476. The van der Waals surface area contributed by atoms with Gasteiger partial charge in [0.05, 0.1) is 11.4 Å². The maximum absolute atomic E-state index is 13.4. The molecule has 168 valence electrons. The van der Waals surface area contributed by atoms with E-state index in [1.807, 2.05) is 0 Å². The van der Waals surface area contributed by atoms with Crippen molar-refractivity contribution in [3.05, 3.63) is 35.9 Å². The van der Waals surface area contributed by atoms with Crippen molar-refractivity contribution >= 4 is 34.2 Å². The van der Waals surface area contributed by atoms with Gasteiger partial charge in [-0.05, 0) is 61.0 Å². The Morgan fingerprint density at radius 1 is 1.19 bits per heavy atom. The van der Waals surface area contributed by atoms with Gasteiger partial charge in [-0.1, -0.05) is 6.07 Å². The number of amides is 1. The molecule has 0 spiro atoms. The summed E-state index contributed by atoms with van der Waals surface area (Å²) >= 11 is 5.18. The number of carbonyl (C=O) groups excluding carboxylic acids is 1. The molecule has 1 aliphatic heterocycles. The quantitative estimate of drug-likeness (QED) is 0.480. The number of nitrogens with one attached hydrogen (secondary N) is 1. The second-order valence-electron chi connectivity index (χ2n) is 8.52. The average Bonchev–Trinajstić information content (AvgIpc) is 3.23. The highest BCUT2D eigenvalue weighted by molar-refractivity contribution is 6.21. The number of nitrogens with zero attached hydrogens (tertiary/aromatic N) is 2. The standard InChI is InChI=1S/C22H24ClF4N3O/c23-22(26,27)15-8-11-30(13-15)19-5-4-16-17(2-1-3-18(16)29-19)20(31)28-12-14-6-9-21(24,25)10-7-14/h1-5,14-15H,6-13H2,(H,28,31). The Hall–Kier alpha value is -2.09. The molecule has 1 N–H and O–H groups in total. The van der Waals surface area contributed by atoms with Crippen LogP contribution in [0.1, 0.15) is 42.5 Å². The van der Waals surface area contributed by atoms with Crippen LogP contribution in [-0.2, 0) is 0 Å². The zero-order chi connectivity index (χ0) is 22.2. The van der Waals surface area contributed by atoms with Gasteiger partial charge in [-0.2, -0.15) is 8.78 Å². The number of pyridine rings is 1. The number of anilines is 1. The van der Waals surface area contributed by atoms with Crippen molar-refractivity contribution in [2.24, 2.45) is 11.8 Å². The highest BCUT2D eigenvalue weighted by Crippen LogP contribution is 2.37. The van der Waals surface area contributed by atoms with Crippen LogP contribution in [0.25, 0.3) is 10.9 Å². The van der Waals surface area contributed by atoms with Crippen LogP contribution in [0.4, 0.5) is 23.4 Å². The summed E-state index contributed by atoms with van der Waals surface area (Å²) in [5, 5.41) is 0.266. The third kappa shape index (κ3) is 5.05. The maximum atomic E-state index is 13.4. The monoisotopic (exact) mass is 457 g/mol. The SMILES string of the molecule is O=C(NCC1CCC(F)(F)CC1)c1cccc2nc(N3CCC(C(F)(F)Cl)C3)ccc12. The average molecular weight is 458 g/mol. The van der Waals surface area contributed by atoms with Gasteiger partial charge in [0.25, 0.3) is 5.91 Å². The molecule has 1 saturated carbocycles. The fourth-order valence-electron chi connectivity index (χ4n) is 4.39. The van der Waals surface area contributed by atoms with Crippen LogP contribution in [0.2, 0.25) is 0 Å². The van der Waals surface area contributed by atoms with E-state index in [-0.39, 0.29) is 37.6 Å². The first-order chi connectivity index (χ1) is 14.6. The van der Waals surface area contributed by atoms with Gasteiger partial charge in [-0.25, -0.2) is 13.8 Å². The number of hydrogen-bond acceptors (Lipinski definition) is 3. The number of aromatic nitrogens is 1. The molecule has 31 heavy (non-hydrogen) atoms. The lowest BCUT2D eigenvalue weighted by atomic mass is 9.87. The fraction of sp³-hybridized carbons (Fsp3) is 0.545. The van der Waals surface area contributed by atoms with Gasteiger partial charge in [0.1, 0.15) is 5.82 Å². The van der Waals surface area contributed by atoms with Crippen LogP contribution >= 0.6 is 11.6 Å². The summed E-state index contributed by atoms with van der Waals surface area (Å²) in [5.74, 6) is -3.18. The van der Waals surface area contributed by atoms with Crippen LogP contribution in [0.15, 0.2) is 30.3 Å². The Bertz CT molecular complexity index is 955. The van der Waals surface area contributed by atoms with Gasteiger partial charge in [0.2, 0.25) is 5.92 Å². The van der Waals surface area contributed by atoms with Crippen molar-refractivity contribution < 1.29 is 22.4 Å². The van der Waals surface area contributed by atoms with Crippen LogP contribution in [0, 0.1) is 11.8 Å². The van der Waals surface area contributed by atoms with Crippen molar-refractivity contribution in [1.29, 1.82) is 0 Å². The van der Waals surface area contributed by atoms with E-state index in [1.165, 1.54) is 0 Å². The molecule has 9 heteroatoms. The molecule has 1 unspecified atom stereocenters. The predicted molar refractivity (Wildman–Crippen MR) is 112 cm³/mol. The van der Waals surface area contributed by atoms with E-state index in [9.17, 15) is 22.4 Å². The van der Waals surface area contributed by atoms with E-state index in [1.54, 1.807) is 35.2 Å². The van der Waals surface area contributed by atoms with Crippen LogP contribution in [-0.4, -0.2) is 41.8 Å². The van der Waals surface area contributed by atoms with Crippen molar-refractivity contribution in [2.75, 3.05) is 24.5 Å². The molecule has 4 rings (SSSR count). The van der Waals surface area contributed by atoms with Crippen LogP contribution in [0.5, 0.6) is 0 Å². The molecule has 2 aliphatic rings. The zero-order valence-electron chi connectivity index (χ0n) is 16.9. The molecule has 2 heterocycles. The maximum Gasteiger partial charge on any atom is 0.326 e. The molecule has 1 amide bonds. The molecule has 1 aromatic carbocycles. The fourth-order valence-corrected chi connectivity index (χ4v) is 4.57. The summed E-state index contributed by atoms with van der Waals surface area (Å²) in [6, 6.07) is 8.66. The number of fused-ring (bicyclic) bond motifs is 1. The van der Waals surface area contributed by atoms with Crippen molar-refractivity contribution in [3.8, 4) is 0 Å². The Morgan fingerprint density at radius 3 is 2.61 bits per heavy atom. The zero-order valence-corrected chi connectivity index (χ0v) is 17.6. The number of benzene rings is 1. The smallest absolute Gasteiger partial charge is 0.326 e. The summed E-state index contributed by atoms with van der Waals surface area (Å²) in [6.07, 6.45) is 0.798. The Kier molecular flexibility index (Phi) is 6.03. The molecular formula is C22H24ClF4N3O. The Balaban J connectivity index is 1.44. The minimum atomic E-state index is -3.24. The van der Waals surface area contributed by atoms with E-state index in [2.05, 4.69) is 10.3 Å². The Labute approximate surface area is 183 Å². The lowest BCUT2D eigenvalue weighted by molar-refractivity contribution is -0.0452. The number of alkyl halides is 5. The first-order valence-corrected chi connectivity index (χ1v) is 10.9. The van der Waals surface area contributed by atoms with Crippen LogP contribution in [0.3, 0.4) is 0 Å². The summed E-state index contributed by atoms with van der Waals surface area (Å²) in [4.78, 5) is 19.1. The van der Waals surface area contributed by atoms with Gasteiger partial charge in [-0.15, -0.1) is 0 Å². The molecule has 1 atom stereocenters. The van der Waals surface area contributed by atoms with E-state index in [0.717, 1.165) is 0 Å². The van der Waals surface area contributed by atoms with Gasteiger partial charge in [-0.3, -0.25) is 4.79 Å². The van der Waals surface area contributed by atoms with Crippen molar-refractivity contribution in [3.63, 3.8) is 0 Å². The first kappa shape index (κ1) is 22.1. The van der Waals surface area contributed by atoms with Crippen LogP contribution < -0.4 is 10.2 Å². The third-order valence-corrected chi connectivity index (χ3v) is 6.63. The molecule has 2 fully saturated rings. The van der Waals surface area contributed by atoms with Gasteiger partial charge < -0.3 is 10.2 Å².